The van der Waals surface area contributed by atoms with Gasteiger partial charge in [0.2, 0.25) is 0 Å². The number of nitro benzene ring substituents is 2. The van der Waals surface area contributed by atoms with Gasteiger partial charge in [0.1, 0.15) is 0 Å². The van der Waals surface area contributed by atoms with E-state index in [9.17, 15) is 29.8 Å². The summed E-state index contributed by atoms with van der Waals surface area (Å²) in [6.07, 6.45) is 0. The minimum atomic E-state index is -1.21. The first-order valence-corrected chi connectivity index (χ1v) is 7.14. The van der Waals surface area contributed by atoms with Crippen LogP contribution in [0.15, 0.2) is 36.4 Å². The molecule has 0 spiro atoms. The molecule has 6 N–H and O–H groups in total. The Bertz CT molecular complexity index is 836. The molecule has 0 amide bonds. The number of aromatic carboxylic acids is 2. The van der Waals surface area contributed by atoms with E-state index in [4.69, 9.17) is 33.4 Å². The molecule has 12 nitrogen and oxygen atoms in total. The van der Waals surface area contributed by atoms with Crippen molar-refractivity contribution in [3.05, 3.63) is 77.8 Å². The fourth-order valence-corrected chi connectivity index (χ4v) is 2.09. The monoisotopic (exact) mass is 497 g/mol. The number of carboxylic acid groups (broad SMARTS) is 2. The molecule has 0 atom stereocenters. The molecule has 161 valence electrons. The van der Waals surface area contributed by atoms with Crippen LogP contribution in [0.5, 0.6) is 0 Å². The van der Waals surface area contributed by atoms with Crippen molar-refractivity contribution in [3.63, 3.8) is 0 Å². The summed E-state index contributed by atoms with van der Waals surface area (Å²) in [5.74, 6) is -2.42. The SMILES string of the molecule is O.O.O=C(O)c1ccc([N+](=O)[O-])cc1Cl.O=C(O)c1ccc([N+](=O)[O-])cc1Cl.[Co]. The van der Waals surface area contributed by atoms with E-state index in [0.29, 0.717) is 0 Å². The summed E-state index contributed by atoms with van der Waals surface area (Å²) in [6, 6.07) is 6.40. The van der Waals surface area contributed by atoms with Gasteiger partial charge in [-0.15, -0.1) is 0 Å². The molecule has 15 heteroatoms. The maximum absolute atomic E-state index is 10.4. The maximum Gasteiger partial charge on any atom is 0.337 e. The molecule has 1 radical (unpaired) electrons. The minimum absolute atomic E-state index is 0. The number of rotatable bonds is 4. The van der Waals surface area contributed by atoms with Crippen LogP contribution in [0.1, 0.15) is 20.7 Å². The predicted molar refractivity (Wildman–Crippen MR) is 97.4 cm³/mol. The quantitative estimate of drug-likeness (QED) is 0.468. The minimum Gasteiger partial charge on any atom is -0.478 e. The number of hydrogen-bond donors (Lipinski definition) is 2. The summed E-state index contributed by atoms with van der Waals surface area (Å²) in [7, 11) is 0. The fraction of sp³-hybridized carbons (Fsp3) is 0. The first-order valence-electron chi connectivity index (χ1n) is 6.39. The van der Waals surface area contributed by atoms with Crippen LogP contribution in [0.3, 0.4) is 0 Å². The van der Waals surface area contributed by atoms with Gasteiger partial charge < -0.3 is 21.2 Å². The van der Waals surface area contributed by atoms with Gasteiger partial charge in [0.25, 0.3) is 11.4 Å². The second-order valence-corrected chi connectivity index (χ2v) is 5.27. The molecule has 0 aliphatic rings. The number of carbonyl (C=O) groups is 2. The number of non-ortho nitro benzene ring substituents is 2. The Morgan fingerprint density at radius 3 is 1.21 bits per heavy atom. The zero-order chi connectivity index (χ0) is 20.0. The molecule has 0 saturated heterocycles. The van der Waals surface area contributed by atoms with E-state index in [1.165, 1.54) is 0 Å². The van der Waals surface area contributed by atoms with Crippen molar-refractivity contribution in [2.45, 2.75) is 0 Å². The molecule has 0 fully saturated rings. The average Bonchev–Trinajstić information content (AvgIpc) is 2.54. The zero-order valence-electron chi connectivity index (χ0n) is 13.8. The Balaban J connectivity index is -0.000000422. The average molecular weight is 498 g/mol. The van der Waals surface area contributed by atoms with Gasteiger partial charge in [-0.3, -0.25) is 20.2 Å². The molecule has 0 aromatic heterocycles. The molecule has 2 aromatic carbocycles. The van der Waals surface area contributed by atoms with Crippen LogP contribution in [0.2, 0.25) is 10.0 Å². The van der Waals surface area contributed by atoms with E-state index in [1.807, 2.05) is 0 Å². The molecular formula is C14H12Cl2CoN2O10. The largest absolute Gasteiger partial charge is 0.478 e. The van der Waals surface area contributed by atoms with Crippen molar-refractivity contribution in [1.29, 1.82) is 0 Å². The van der Waals surface area contributed by atoms with Gasteiger partial charge in [-0.05, 0) is 12.1 Å². The van der Waals surface area contributed by atoms with Gasteiger partial charge in [-0.1, -0.05) is 23.2 Å². The van der Waals surface area contributed by atoms with Gasteiger partial charge in [0.15, 0.2) is 0 Å². The van der Waals surface area contributed by atoms with Crippen molar-refractivity contribution in [2.75, 3.05) is 0 Å². The summed E-state index contributed by atoms with van der Waals surface area (Å²) >= 11 is 11.0. The number of carboxylic acids is 2. The Labute approximate surface area is 181 Å². The molecule has 0 heterocycles. The van der Waals surface area contributed by atoms with Crippen LogP contribution in [-0.4, -0.2) is 43.0 Å². The molecule has 0 aliphatic carbocycles. The third kappa shape index (κ3) is 8.82. The van der Waals surface area contributed by atoms with Crippen LogP contribution in [0, 0.1) is 20.2 Å². The van der Waals surface area contributed by atoms with E-state index >= 15 is 0 Å². The smallest absolute Gasteiger partial charge is 0.337 e. The second kappa shape index (κ2) is 13.4. The van der Waals surface area contributed by atoms with E-state index in [0.717, 1.165) is 36.4 Å². The van der Waals surface area contributed by atoms with Crippen molar-refractivity contribution >= 4 is 46.5 Å². The second-order valence-electron chi connectivity index (χ2n) is 4.45. The normalized spacial score (nSPS) is 8.62. The topological polar surface area (TPSA) is 224 Å². The van der Waals surface area contributed by atoms with E-state index in [2.05, 4.69) is 0 Å². The van der Waals surface area contributed by atoms with Crippen molar-refractivity contribution in [3.8, 4) is 0 Å². The van der Waals surface area contributed by atoms with Gasteiger partial charge in [0, 0.05) is 41.0 Å². The Hall–Kier alpha value is -2.81. The van der Waals surface area contributed by atoms with Gasteiger partial charge in [-0.25, -0.2) is 9.59 Å². The first kappa shape index (κ1) is 30.9. The molecule has 0 bridgehead atoms. The molecule has 2 rings (SSSR count). The number of halogens is 2. The van der Waals surface area contributed by atoms with Crippen LogP contribution in [-0.2, 0) is 16.8 Å². The maximum atomic E-state index is 10.4. The number of nitro groups is 2. The third-order valence-electron chi connectivity index (χ3n) is 2.79. The third-order valence-corrected chi connectivity index (χ3v) is 3.41. The van der Waals surface area contributed by atoms with Crippen LogP contribution < -0.4 is 0 Å². The Morgan fingerprint density at radius 2 is 1.03 bits per heavy atom. The number of benzene rings is 2. The van der Waals surface area contributed by atoms with Gasteiger partial charge in [0.05, 0.1) is 31.0 Å². The molecular weight excluding hydrogens is 486 g/mol. The Morgan fingerprint density at radius 1 is 0.759 bits per heavy atom. The molecule has 2 aromatic rings. The van der Waals surface area contributed by atoms with E-state index in [-0.39, 0.29) is 60.3 Å². The van der Waals surface area contributed by atoms with Crippen molar-refractivity contribution in [2.24, 2.45) is 0 Å². The molecule has 29 heavy (non-hydrogen) atoms. The summed E-state index contributed by atoms with van der Waals surface area (Å²) in [6.45, 7) is 0. The molecule has 0 aliphatic heterocycles. The summed E-state index contributed by atoms with van der Waals surface area (Å²) < 4.78 is 0. The number of hydrogen-bond acceptors (Lipinski definition) is 6. The zero-order valence-corrected chi connectivity index (χ0v) is 16.3. The predicted octanol–water partition coefficient (Wildman–Crippen LogP) is 2.24. The summed E-state index contributed by atoms with van der Waals surface area (Å²) in [5.41, 5.74) is -0.746. The van der Waals surface area contributed by atoms with Crippen molar-refractivity contribution in [1.82, 2.24) is 0 Å². The van der Waals surface area contributed by atoms with Crippen molar-refractivity contribution < 1.29 is 57.4 Å². The van der Waals surface area contributed by atoms with E-state index in [1.54, 1.807) is 0 Å². The fourth-order valence-electron chi connectivity index (χ4n) is 1.58. The Kier molecular flexibility index (Phi) is 14.3. The first-order chi connectivity index (χ1) is 12.0. The number of nitrogens with zero attached hydrogens (tertiary/aromatic N) is 2. The van der Waals surface area contributed by atoms with Crippen LogP contribution >= 0.6 is 23.2 Å². The van der Waals surface area contributed by atoms with Crippen LogP contribution in [0.25, 0.3) is 0 Å². The van der Waals surface area contributed by atoms with E-state index < -0.39 is 21.8 Å². The summed E-state index contributed by atoms with van der Waals surface area (Å²) in [4.78, 5) is 40.1. The molecule has 0 unspecified atom stereocenters. The standard InChI is InChI=1S/2C7H4ClNO4.Co.2H2O/c2*8-6-3-4(9(12)13)1-2-5(6)7(10)11;;;/h2*1-3H,(H,10,11);;2*1H2. The molecule has 0 saturated carbocycles. The van der Waals surface area contributed by atoms with Gasteiger partial charge >= 0.3 is 11.9 Å². The van der Waals surface area contributed by atoms with Gasteiger partial charge in [-0.2, -0.15) is 0 Å². The summed E-state index contributed by atoms with van der Waals surface area (Å²) in [5, 5.41) is 37.3. The van der Waals surface area contributed by atoms with Crippen LogP contribution in [0.4, 0.5) is 11.4 Å².